The number of carbonyl (C=O) groups is 2. The van der Waals surface area contributed by atoms with Gasteiger partial charge in [0.05, 0.1) is 20.3 Å². The number of carboxylic acids is 1. The number of amides is 1. The third-order valence-corrected chi connectivity index (χ3v) is 5.65. The highest BCUT2D eigenvalue weighted by Gasteiger charge is 2.29. The highest BCUT2D eigenvalue weighted by atomic mass is 16.5. The molecule has 0 radical (unpaired) electrons. The maximum absolute atomic E-state index is 12.4. The van der Waals surface area contributed by atoms with E-state index < -0.39 is 18.1 Å². The van der Waals surface area contributed by atoms with Crippen molar-refractivity contribution >= 4 is 12.1 Å². The average Bonchev–Trinajstić information content (AvgIpc) is 3.16. The van der Waals surface area contributed by atoms with Crippen LogP contribution in [0.15, 0.2) is 72.8 Å². The molecule has 0 saturated heterocycles. The summed E-state index contributed by atoms with van der Waals surface area (Å²) in [7, 11) is 1.58. The van der Waals surface area contributed by atoms with Crippen molar-refractivity contribution in [1.82, 2.24) is 5.32 Å². The van der Waals surface area contributed by atoms with E-state index in [2.05, 4.69) is 17.4 Å². The van der Waals surface area contributed by atoms with E-state index in [1.165, 1.54) is 0 Å². The number of ether oxygens (including phenoxy) is 3. The molecule has 0 heterocycles. The van der Waals surface area contributed by atoms with E-state index in [1.807, 2.05) is 48.5 Å². The summed E-state index contributed by atoms with van der Waals surface area (Å²) in [5.41, 5.74) is 5.28. The molecule has 0 saturated carbocycles. The lowest BCUT2D eigenvalue weighted by Crippen LogP contribution is -2.44. The van der Waals surface area contributed by atoms with Gasteiger partial charge in [-0.25, -0.2) is 9.59 Å². The Kier molecular flexibility index (Phi) is 6.90. The normalized spacial score (nSPS) is 13.0. The van der Waals surface area contributed by atoms with Gasteiger partial charge in [0, 0.05) is 5.92 Å². The molecule has 2 N–H and O–H groups in total. The average molecular weight is 447 g/mol. The number of carbonyl (C=O) groups excluding carboxylic acids is 1. The maximum atomic E-state index is 12.4. The number of fused-ring (bicyclic) bond motifs is 3. The number of carboxylic acid groups (broad SMARTS) is 1. The third-order valence-electron chi connectivity index (χ3n) is 5.65. The number of hydrogen-bond acceptors (Lipinski definition) is 5. The molecule has 3 aromatic carbocycles. The molecule has 170 valence electrons. The van der Waals surface area contributed by atoms with Gasteiger partial charge in [-0.15, -0.1) is 0 Å². The summed E-state index contributed by atoms with van der Waals surface area (Å²) in [5, 5.41) is 11.8. The highest BCUT2D eigenvalue weighted by molar-refractivity contribution is 5.81. The molecular formula is C26H25NO6. The summed E-state index contributed by atoms with van der Waals surface area (Å²) in [6, 6.07) is 22.0. The Morgan fingerprint density at radius 1 is 0.939 bits per heavy atom. The zero-order valence-corrected chi connectivity index (χ0v) is 18.2. The van der Waals surface area contributed by atoms with Crippen LogP contribution in [-0.4, -0.2) is 43.5 Å². The molecule has 0 spiro atoms. The topological polar surface area (TPSA) is 94.1 Å². The van der Waals surface area contributed by atoms with Crippen LogP contribution in [0.4, 0.5) is 4.79 Å². The molecular weight excluding hydrogens is 422 g/mol. The zero-order valence-electron chi connectivity index (χ0n) is 18.2. The molecule has 0 aromatic heterocycles. The van der Waals surface area contributed by atoms with Gasteiger partial charge in [-0.2, -0.15) is 0 Å². The van der Waals surface area contributed by atoms with Crippen LogP contribution >= 0.6 is 0 Å². The van der Waals surface area contributed by atoms with Crippen molar-refractivity contribution in [3.8, 4) is 16.9 Å². The lowest BCUT2D eigenvalue weighted by molar-refractivity contribution is -0.141. The first-order chi connectivity index (χ1) is 16.1. The summed E-state index contributed by atoms with van der Waals surface area (Å²) >= 11 is 0. The fourth-order valence-electron chi connectivity index (χ4n) is 3.97. The van der Waals surface area contributed by atoms with E-state index in [1.54, 1.807) is 19.2 Å². The van der Waals surface area contributed by atoms with Crippen LogP contribution in [0.3, 0.4) is 0 Å². The summed E-state index contributed by atoms with van der Waals surface area (Å²) in [6.07, 6.45) is -0.794. The van der Waals surface area contributed by atoms with Crippen LogP contribution in [0.1, 0.15) is 22.6 Å². The highest BCUT2D eigenvalue weighted by Crippen LogP contribution is 2.44. The number of rotatable bonds is 9. The van der Waals surface area contributed by atoms with Crippen molar-refractivity contribution in [2.45, 2.75) is 18.6 Å². The van der Waals surface area contributed by atoms with Crippen LogP contribution in [-0.2, 0) is 20.9 Å². The third kappa shape index (κ3) is 5.15. The van der Waals surface area contributed by atoms with Crippen LogP contribution in [0.25, 0.3) is 11.1 Å². The first kappa shape index (κ1) is 22.4. The maximum Gasteiger partial charge on any atom is 0.407 e. The minimum atomic E-state index is -1.22. The lowest BCUT2D eigenvalue weighted by Gasteiger charge is -2.17. The molecule has 0 aliphatic heterocycles. The minimum Gasteiger partial charge on any atom is -0.497 e. The predicted molar refractivity (Wildman–Crippen MR) is 122 cm³/mol. The van der Waals surface area contributed by atoms with Crippen molar-refractivity contribution in [3.63, 3.8) is 0 Å². The van der Waals surface area contributed by atoms with E-state index in [-0.39, 0.29) is 25.7 Å². The van der Waals surface area contributed by atoms with Crippen LogP contribution in [0, 0.1) is 0 Å². The Balaban J connectivity index is 1.32. The van der Waals surface area contributed by atoms with Gasteiger partial charge in [-0.1, -0.05) is 60.7 Å². The number of alkyl carbamates (subject to hydrolysis) is 1. The first-order valence-corrected chi connectivity index (χ1v) is 10.6. The standard InChI is InChI=1S/C26H25NO6/c1-31-18-12-10-17(11-13-18)14-32-16-24(25(28)29)27-26(30)33-15-23-21-8-4-2-6-19(21)20-7-3-5-9-22(20)23/h2-13,23-24H,14-16H2,1H3,(H,27,30)(H,28,29)/t24-/m0/s1. The van der Waals surface area contributed by atoms with Crippen molar-refractivity contribution < 1.29 is 28.9 Å². The molecule has 0 unspecified atom stereocenters. The van der Waals surface area contributed by atoms with E-state index >= 15 is 0 Å². The second-order valence-corrected chi connectivity index (χ2v) is 7.72. The molecule has 7 nitrogen and oxygen atoms in total. The SMILES string of the molecule is COc1ccc(COC[C@H](NC(=O)OCC2c3ccccc3-c3ccccc32)C(=O)O)cc1. The Labute approximate surface area is 191 Å². The Hall–Kier alpha value is -3.84. The molecule has 1 aliphatic rings. The zero-order chi connectivity index (χ0) is 23.2. The first-order valence-electron chi connectivity index (χ1n) is 10.6. The van der Waals surface area contributed by atoms with E-state index in [0.717, 1.165) is 33.6 Å². The van der Waals surface area contributed by atoms with Gasteiger partial charge in [0.15, 0.2) is 6.04 Å². The summed E-state index contributed by atoms with van der Waals surface area (Å²) < 4.78 is 16.0. The van der Waals surface area contributed by atoms with Gasteiger partial charge >= 0.3 is 12.1 Å². The van der Waals surface area contributed by atoms with E-state index in [0.29, 0.717) is 0 Å². The smallest absolute Gasteiger partial charge is 0.407 e. The fourth-order valence-corrected chi connectivity index (χ4v) is 3.97. The van der Waals surface area contributed by atoms with Crippen molar-refractivity contribution in [2.24, 2.45) is 0 Å². The van der Waals surface area contributed by atoms with Crippen molar-refractivity contribution in [3.05, 3.63) is 89.5 Å². The monoisotopic (exact) mass is 447 g/mol. The van der Waals surface area contributed by atoms with Gasteiger partial charge in [0.1, 0.15) is 12.4 Å². The van der Waals surface area contributed by atoms with Crippen LogP contribution in [0.2, 0.25) is 0 Å². The van der Waals surface area contributed by atoms with Crippen molar-refractivity contribution in [2.75, 3.05) is 20.3 Å². The second-order valence-electron chi connectivity index (χ2n) is 7.72. The van der Waals surface area contributed by atoms with E-state index in [9.17, 15) is 14.7 Å². The minimum absolute atomic E-state index is 0.0993. The summed E-state index contributed by atoms with van der Waals surface area (Å²) in [6.45, 7) is 0.130. The molecule has 0 bridgehead atoms. The van der Waals surface area contributed by atoms with Gasteiger partial charge in [0.2, 0.25) is 0 Å². The van der Waals surface area contributed by atoms with Gasteiger partial charge < -0.3 is 24.6 Å². The lowest BCUT2D eigenvalue weighted by atomic mass is 9.98. The number of benzene rings is 3. The number of methoxy groups -OCH3 is 1. The Morgan fingerprint density at radius 2 is 1.55 bits per heavy atom. The molecule has 7 heteroatoms. The fraction of sp³-hybridized carbons (Fsp3) is 0.231. The summed E-state index contributed by atoms with van der Waals surface area (Å²) in [5.74, 6) is -0.574. The van der Waals surface area contributed by atoms with Crippen molar-refractivity contribution in [1.29, 1.82) is 0 Å². The molecule has 1 amide bonds. The molecule has 0 fully saturated rings. The molecule has 1 atom stereocenters. The van der Waals surface area contributed by atoms with Crippen LogP contribution in [0.5, 0.6) is 5.75 Å². The van der Waals surface area contributed by atoms with Gasteiger partial charge in [0.25, 0.3) is 0 Å². The largest absolute Gasteiger partial charge is 0.497 e. The predicted octanol–water partition coefficient (Wildman–Crippen LogP) is 4.20. The quantitative estimate of drug-likeness (QED) is 0.511. The number of nitrogens with one attached hydrogen (secondary N) is 1. The number of aliphatic carboxylic acids is 1. The van der Waals surface area contributed by atoms with Gasteiger partial charge in [-0.05, 0) is 39.9 Å². The second kappa shape index (κ2) is 10.2. The van der Waals surface area contributed by atoms with Crippen LogP contribution < -0.4 is 10.1 Å². The summed E-state index contributed by atoms with van der Waals surface area (Å²) in [4.78, 5) is 24.0. The Morgan fingerprint density at radius 3 is 2.12 bits per heavy atom. The van der Waals surface area contributed by atoms with Gasteiger partial charge in [-0.3, -0.25) is 0 Å². The van der Waals surface area contributed by atoms with E-state index in [4.69, 9.17) is 14.2 Å². The molecule has 33 heavy (non-hydrogen) atoms. The number of hydrogen-bond donors (Lipinski definition) is 2. The molecule has 1 aliphatic carbocycles. The Bertz CT molecular complexity index is 1080. The molecule has 4 rings (SSSR count). The molecule has 3 aromatic rings.